The van der Waals surface area contributed by atoms with E-state index in [1.807, 2.05) is 12.3 Å². The molecule has 1 aliphatic heterocycles. The number of aromatic nitrogens is 4. The second kappa shape index (κ2) is 9.97. The summed E-state index contributed by atoms with van der Waals surface area (Å²) in [6.07, 6.45) is 5.61. The summed E-state index contributed by atoms with van der Waals surface area (Å²) < 4.78 is 19.0. The fourth-order valence-electron chi connectivity index (χ4n) is 3.75. The Kier molecular flexibility index (Phi) is 7.07. The Hall–Kier alpha value is -2.49. The van der Waals surface area contributed by atoms with Crippen molar-refractivity contribution in [2.45, 2.75) is 51.3 Å². The topological polar surface area (TPSA) is 83.3 Å². The van der Waals surface area contributed by atoms with Crippen molar-refractivity contribution >= 4 is 24.8 Å². The van der Waals surface area contributed by atoms with Gasteiger partial charge in [0, 0.05) is 57.8 Å². The molecule has 0 saturated carbocycles. The summed E-state index contributed by atoms with van der Waals surface area (Å²) in [5.74, 6) is 0.873. The molecule has 9 heteroatoms. The molecule has 0 spiro atoms. The molecule has 0 aromatic carbocycles. The Morgan fingerprint density at radius 2 is 2.00 bits per heavy atom. The predicted molar refractivity (Wildman–Crippen MR) is 129 cm³/mol. The first-order valence-corrected chi connectivity index (χ1v) is 14.9. The largest absolute Gasteiger partial charge is 0.467 e. The third kappa shape index (κ3) is 5.65. The molecule has 1 fully saturated rings. The number of anilines is 1. The van der Waals surface area contributed by atoms with Crippen molar-refractivity contribution in [3.63, 3.8) is 0 Å². The van der Waals surface area contributed by atoms with Crippen LogP contribution in [0, 0.1) is 0 Å². The average Bonchev–Trinajstić information content (AvgIpc) is 3.15. The first-order chi connectivity index (χ1) is 15.4. The third-order valence-corrected chi connectivity index (χ3v) is 7.36. The van der Waals surface area contributed by atoms with Crippen LogP contribution in [0.5, 0.6) is 6.01 Å². The molecule has 8 nitrogen and oxygen atoms in total. The van der Waals surface area contributed by atoms with Gasteiger partial charge in [-0.1, -0.05) is 19.6 Å². The molecule has 0 radical (unpaired) electrons. The molecule has 1 N–H and O–H groups in total. The van der Waals surface area contributed by atoms with Crippen molar-refractivity contribution in [2.75, 3.05) is 32.2 Å². The Bertz CT molecular complexity index is 1040. The number of methoxy groups -OCH3 is 1. The monoisotopic (exact) mass is 455 g/mol. The Morgan fingerprint density at radius 1 is 1.19 bits per heavy atom. The van der Waals surface area contributed by atoms with Crippen molar-refractivity contribution in [1.29, 1.82) is 0 Å². The van der Waals surface area contributed by atoms with E-state index in [-0.39, 0.29) is 0 Å². The number of rotatable bonds is 9. The van der Waals surface area contributed by atoms with E-state index in [9.17, 15) is 0 Å². The zero-order valence-corrected chi connectivity index (χ0v) is 20.4. The molecule has 1 aliphatic rings. The Labute approximate surface area is 190 Å². The Balaban J connectivity index is 1.65. The summed E-state index contributed by atoms with van der Waals surface area (Å²) >= 11 is 0. The molecule has 3 aromatic heterocycles. The molecular weight excluding hydrogens is 422 g/mol. The lowest BCUT2D eigenvalue weighted by atomic mass is 10.1. The highest BCUT2D eigenvalue weighted by Crippen LogP contribution is 2.29. The molecule has 32 heavy (non-hydrogen) atoms. The summed E-state index contributed by atoms with van der Waals surface area (Å²) in [4.78, 5) is 13.3. The summed E-state index contributed by atoms with van der Waals surface area (Å²) in [6.45, 7) is 9.87. The van der Waals surface area contributed by atoms with Gasteiger partial charge < -0.3 is 24.1 Å². The van der Waals surface area contributed by atoms with Gasteiger partial charge in [0.05, 0.1) is 24.0 Å². The lowest BCUT2D eigenvalue weighted by molar-refractivity contribution is 0.0903. The number of pyridine rings is 1. The maximum atomic E-state index is 6.14. The van der Waals surface area contributed by atoms with Gasteiger partial charge in [0.1, 0.15) is 12.5 Å². The van der Waals surface area contributed by atoms with Crippen LogP contribution < -0.4 is 10.1 Å². The van der Waals surface area contributed by atoms with Crippen molar-refractivity contribution in [1.82, 2.24) is 19.5 Å². The standard InChI is InChI=1S/C23H33N5O3Si/c1-29-23-24-8-5-19(27-23)21-13-17-15-25-22(26-18-6-9-30-10-7-18)14-20(17)28(21)16-31-11-12-32(2,3)4/h5,8,13-15,18H,6-7,9-12,16H2,1-4H3,(H,25,26). The first kappa shape index (κ1) is 22.7. The molecule has 1 saturated heterocycles. The zero-order valence-electron chi connectivity index (χ0n) is 19.4. The zero-order chi connectivity index (χ0) is 22.6. The predicted octanol–water partition coefficient (Wildman–Crippen LogP) is 4.41. The highest BCUT2D eigenvalue weighted by Gasteiger charge is 2.18. The van der Waals surface area contributed by atoms with Crippen molar-refractivity contribution in [2.24, 2.45) is 0 Å². The molecule has 172 valence electrons. The normalized spacial score (nSPS) is 15.2. The van der Waals surface area contributed by atoms with E-state index in [1.165, 1.54) is 0 Å². The van der Waals surface area contributed by atoms with E-state index in [4.69, 9.17) is 14.2 Å². The number of nitrogens with zero attached hydrogens (tertiary/aromatic N) is 4. The van der Waals surface area contributed by atoms with Gasteiger partial charge >= 0.3 is 6.01 Å². The van der Waals surface area contributed by atoms with Crippen molar-refractivity contribution in [3.8, 4) is 17.4 Å². The quantitative estimate of drug-likeness (QED) is 0.378. The highest BCUT2D eigenvalue weighted by atomic mass is 28.3. The summed E-state index contributed by atoms with van der Waals surface area (Å²) in [5, 5.41) is 4.61. The summed E-state index contributed by atoms with van der Waals surface area (Å²) in [5.41, 5.74) is 2.81. The summed E-state index contributed by atoms with van der Waals surface area (Å²) in [7, 11) is 0.417. The van der Waals surface area contributed by atoms with Crippen LogP contribution in [0.4, 0.5) is 5.82 Å². The molecule has 0 bridgehead atoms. The second-order valence-electron chi connectivity index (χ2n) is 9.39. The molecule has 0 atom stereocenters. The maximum Gasteiger partial charge on any atom is 0.316 e. The van der Waals surface area contributed by atoms with Gasteiger partial charge in [-0.3, -0.25) is 0 Å². The van der Waals surface area contributed by atoms with E-state index in [1.54, 1.807) is 13.3 Å². The lowest BCUT2D eigenvalue weighted by Gasteiger charge is -2.23. The van der Waals surface area contributed by atoms with E-state index >= 15 is 0 Å². The summed E-state index contributed by atoms with van der Waals surface area (Å²) in [6, 6.07) is 7.96. The van der Waals surface area contributed by atoms with Crippen LogP contribution in [-0.2, 0) is 16.2 Å². The van der Waals surface area contributed by atoms with Gasteiger partial charge in [-0.25, -0.2) is 9.97 Å². The molecule has 0 aliphatic carbocycles. The molecular formula is C23H33N5O3Si. The van der Waals surface area contributed by atoms with Crippen LogP contribution in [0.1, 0.15) is 12.8 Å². The minimum atomic E-state index is -1.16. The number of fused-ring (bicyclic) bond motifs is 1. The smallest absolute Gasteiger partial charge is 0.316 e. The fraction of sp³-hybridized carbons (Fsp3) is 0.522. The molecule has 3 aromatic rings. The average molecular weight is 456 g/mol. The van der Waals surface area contributed by atoms with Crippen molar-refractivity contribution in [3.05, 3.63) is 30.6 Å². The minimum absolute atomic E-state index is 0.346. The van der Waals surface area contributed by atoms with Crippen LogP contribution in [0.25, 0.3) is 22.3 Å². The molecule has 0 amide bonds. The van der Waals surface area contributed by atoms with Crippen molar-refractivity contribution < 1.29 is 14.2 Å². The molecule has 4 heterocycles. The molecule has 4 rings (SSSR count). The van der Waals surface area contributed by atoms with Gasteiger partial charge in [-0.2, -0.15) is 4.98 Å². The highest BCUT2D eigenvalue weighted by molar-refractivity contribution is 6.76. The minimum Gasteiger partial charge on any atom is -0.467 e. The fourth-order valence-corrected chi connectivity index (χ4v) is 4.51. The maximum absolute atomic E-state index is 6.14. The van der Waals surface area contributed by atoms with Gasteiger partial charge in [-0.15, -0.1) is 0 Å². The number of ether oxygens (including phenoxy) is 3. The third-order valence-electron chi connectivity index (χ3n) is 5.65. The Morgan fingerprint density at radius 3 is 2.75 bits per heavy atom. The van der Waals surface area contributed by atoms with Crippen LogP contribution in [0.2, 0.25) is 25.7 Å². The number of nitrogens with one attached hydrogen (secondary N) is 1. The SMILES string of the molecule is COc1nccc(-c2cc3cnc(NC4CCOCC4)cc3n2COCC[Si](C)(C)C)n1. The van der Waals surface area contributed by atoms with Gasteiger partial charge in [0.2, 0.25) is 0 Å². The lowest BCUT2D eigenvalue weighted by Crippen LogP contribution is -2.28. The van der Waals surface area contributed by atoms with E-state index in [0.29, 0.717) is 18.8 Å². The van der Waals surface area contributed by atoms with E-state index in [0.717, 1.165) is 66.8 Å². The first-order valence-electron chi connectivity index (χ1n) is 11.2. The van der Waals surface area contributed by atoms with Crippen LogP contribution in [0.3, 0.4) is 0 Å². The van der Waals surface area contributed by atoms with Crippen LogP contribution >= 0.6 is 0 Å². The van der Waals surface area contributed by atoms with E-state index in [2.05, 4.69) is 56.6 Å². The number of hydrogen-bond acceptors (Lipinski definition) is 7. The van der Waals surface area contributed by atoms with E-state index < -0.39 is 8.07 Å². The van der Waals surface area contributed by atoms with Gasteiger partial charge in [0.15, 0.2) is 0 Å². The van der Waals surface area contributed by atoms with Crippen LogP contribution in [-0.4, -0.2) is 60.6 Å². The van der Waals surface area contributed by atoms with Crippen LogP contribution in [0.15, 0.2) is 30.6 Å². The van der Waals surface area contributed by atoms with Gasteiger partial charge in [-0.05, 0) is 31.0 Å². The van der Waals surface area contributed by atoms with Gasteiger partial charge in [0.25, 0.3) is 0 Å². The second-order valence-corrected chi connectivity index (χ2v) is 15.0. The number of hydrogen-bond donors (Lipinski definition) is 1. The molecule has 0 unspecified atom stereocenters.